The van der Waals surface area contributed by atoms with E-state index in [1.807, 2.05) is 25.1 Å². The smallest absolute Gasteiger partial charge is 0.303 e. The van der Waals surface area contributed by atoms with E-state index in [4.69, 9.17) is 23.7 Å². The van der Waals surface area contributed by atoms with E-state index in [1.54, 1.807) is 34.7 Å². The molecular weight excluding hydrogens is 608 g/mol. The summed E-state index contributed by atoms with van der Waals surface area (Å²) in [7, 11) is 0. The first-order valence-corrected chi connectivity index (χ1v) is 14.8. The number of aryl methyl sites for hydroxylation is 1. The predicted molar refractivity (Wildman–Crippen MR) is 159 cm³/mol. The average molecular weight is 639 g/mol. The van der Waals surface area contributed by atoms with Gasteiger partial charge in [-0.05, 0) is 48.5 Å². The molecule has 45 heavy (non-hydrogen) atoms. The van der Waals surface area contributed by atoms with Gasteiger partial charge in [0.05, 0.1) is 16.6 Å². The third-order valence-corrected chi connectivity index (χ3v) is 7.91. The first-order chi connectivity index (χ1) is 21.4. The third-order valence-electron chi connectivity index (χ3n) is 6.82. The van der Waals surface area contributed by atoms with Crippen molar-refractivity contribution in [2.75, 3.05) is 6.61 Å². The van der Waals surface area contributed by atoms with Crippen LogP contribution in [0.25, 0.3) is 22.4 Å². The number of carbonyl (C=O) groups excluding carboxylic acids is 4. The molecular formula is C30H30N4O10S. The molecule has 0 aliphatic carbocycles. The Hall–Kier alpha value is -4.76. The van der Waals surface area contributed by atoms with Gasteiger partial charge in [0.2, 0.25) is 5.78 Å². The van der Waals surface area contributed by atoms with E-state index in [2.05, 4.69) is 10.2 Å². The Labute approximate surface area is 260 Å². The van der Waals surface area contributed by atoms with Crippen molar-refractivity contribution in [3.05, 3.63) is 64.4 Å². The van der Waals surface area contributed by atoms with Crippen LogP contribution in [0, 0.1) is 6.92 Å². The molecule has 0 bridgehead atoms. The Morgan fingerprint density at radius 2 is 1.51 bits per heavy atom. The lowest BCUT2D eigenvalue weighted by Gasteiger charge is -2.43. The summed E-state index contributed by atoms with van der Waals surface area (Å²) in [5.41, 5.74) is 0.555. The molecule has 3 heterocycles. The molecule has 2 aromatic carbocycles. The zero-order valence-corrected chi connectivity index (χ0v) is 25.8. The maximum absolute atomic E-state index is 13.7. The van der Waals surface area contributed by atoms with Crippen LogP contribution in [0.3, 0.4) is 0 Å². The Bertz CT molecular complexity index is 1850. The third kappa shape index (κ3) is 6.68. The maximum Gasteiger partial charge on any atom is 0.303 e. The summed E-state index contributed by atoms with van der Waals surface area (Å²) >= 11 is 0.971. The van der Waals surface area contributed by atoms with Crippen molar-refractivity contribution in [1.82, 2.24) is 19.2 Å². The van der Waals surface area contributed by atoms with Gasteiger partial charge in [0.25, 0.3) is 5.56 Å². The number of aromatic nitrogens is 4. The van der Waals surface area contributed by atoms with E-state index in [9.17, 15) is 24.0 Å². The lowest BCUT2D eigenvalue weighted by atomic mass is 9.99. The Balaban J connectivity index is 1.66. The van der Waals surface area contributed by atoms with Gasteiger partial charge < -0.3 is 23.7 Å². The van der Waals surface area contributed by atoms with E-state index in [0.29, 0.717) is 16.6 Å². The molecule has 1 aliphatic heterocycles. The number of fused-ring (bicyclic) bond motifs is 3. The second-order valence-corrected chi connectivity index (χ2v) is 11.4. The van der Waals surface area contributed by atoms with Crippen molar-refractivity contribution in [3.8, 4) is 5.69 Å². The molecule has 236 valence electrons. The number of rotatable bonds is 8. The highest BCUT2D eigenvalue weighted by Gasteiger charge is 2.53. The molecule has 0 unspecified atom stereocenters. The van der Waals surface area contributed by atoms with Gasteiger partial charge in [0.1, 0.15) is 12.7 Å². The number of benzene rings is 2. The summed E-state index contributed by atoms with van der Waals surface area (Å²) in [5, 5.41) is 9.35. The molecule has 5 rings (SSSR count). The highest BCUT2D eigenvalue weighted by atomic mass is 32.2. The van der Waals surface area contributed by atoms with Crippen LogP contribution in [-0.4, -0.2) is 79.5 Å². The van der Waals surface area contributed by atoms with Crippen molar-refractivity contribution < 1.29 is 42.9 Å². The maximum atomic E-state index is 13.7. The molecule has 0 amide bonds. The lowest BCUT2D eigenvalue weighted by molar-refractivity contribution is -0.237. The van der Waals surface area contributed by atoms with Gasteiger partial charge in [-0.3, -0.25) is 28.4 Å². The van der Waals surface area contributed by atoms with Crippen LogP contribution in [0.2, 0.25) is 0 Å². The van der Waals surface area contributed by atoms with Gasteiger partial charge in [0.15, 0.2) is 28.9 Å². The highest BCUT2D eigenvalue weighted by Crippen LogP contribution is 2.38. The van der Waals surface area contributed by atoms with Crippen molar-refractivity contribution in [2.45, 2.75) is 69.6 Å². The quantitative estimate of drug-likeness (QED) is 0.204. The molecule has 0 spiro atoms. The number of ether oxygens (including phenoxy) is 5. The summed E-state index contributed by atoms with van der Waals surface area (Å²) in [6.07, 6.45) is -5.08. The van der Waals surface area contributed by atoms with Crippen molar-refractivity contribution >= 4 is 52.3 Å². The van der Waals surface area contributed by atoms with Crippen LogP contribution in [0.1, 0.15) is 33.3 Å². The van der Waals surface area contributed by atoms with Crippen LogP contribution in [-0.2, 0) is 42.9 Å². The number of nitrogens with zero attached hydrogens (tertiary/aromatic N) is 4. The van der Waals surface area contributed by atoms with E-state index < -0.39 is 53.7 Å². The zero-order valence-electron chi connectivity index (χ0n) is 25.0. The zero-order chi connectivity index (χ0) is 32.4. The minimum atomic E-state index is -1.34. The molecule has 0 saturated carbocycles. The number of hydrogen-bond acceptors (Lipinski definition) is 13. The SMILES string of the molecule is CC(=O)OC[C@H]1O[C@@H](Sc2nnc3n(-c4cccc(C)c4)c(=O)c4ccccc4n23)[C@H](OC(C)=O)[C@@H](OC(C)=O)[C@H]1OC(C)=O. The molecule has 2 aromatic heterocycles. The van der Waals surface area contributed by atoms with E-state index in [1.165, 1.54) is 18.4 Å². The molecule has 5 atom stereocenters. The first-order valence-electron chi connectivity index (χ1n) is 13.9. The normalized spacial score (nSPS) is 21.3. The monoisotopic (exact) mass is 638 g/mol. The fourth-order valence-corrected chi connectivity index (χ4v) is 6.27. The summed E-state index contributed by atoms with van der Waals surface area (Å²) < 4.78 is 31.2. The van der Waals surface area contributed by atoms with Crippen molar-refractivity contribution in [1.29, 1.82) is 0 Å². The van der Waals surface area contributed by atoms with Gasteiger partial charge in [-0.1, -0.05) is 24.3 Å². The number of esters is 4. The van der Waals surface area contributed by atoms with Gasteiger partial charge in [-0.25, -0.2) is 4.57 Å². The molecule has 1 fully saturated rings. The van der Waals surface area contributed by atoms with E-state index in [0.717, 1.165) is 31.2 Å². The lowest BCUT2D eigenvalue weighted by Crippen LogP contribution is -2.61. The van der Waals surface area contributed by atoms with Gasteiger partial charge in [-0.15, -0.1) is 10.2 Å². The number of hydrogen-bond donors (Lipinski definition) is 0. The topological polar surface area (TPSA) is 167 Å². The molecule has 4 aromatic rings. The fraction of sp³-hybridized carbons (Fsp3) is 0.367. The summed E-state index contributed by atoms with van der Waals surface area (Å²) in [6.45, 7) is 6.20. The van der Waals surface area contributed by atoms with E-state index in [-0.39, 0.29) is 23.1 Å². The van der Waals surface area contributed by atoms with E-state index >= 15 is 0 Å². The minimum absolute atomic E-state index is 0.206. The highest BCUT2D eigenvalue weighted by molar-refractivity contribution is 7.99. The van der Waals surface area contributed by atoms with Crippen LogP contribution in [0.15, 0.2) is 58.5 Å². The van der Waals surface area contributed by atoms with Gasteiger partial charge >= 0.3 is 23.9 Å². The Morgan fingerprint density at radius 1 is 0.844 bits per heavy atom. The number of carbonyl (C=O) groups is 4. The minimum Gasteiger partial charge on any atom is -0.463 e. The Morgan fingerprint density at radius 3 is 2.18 bits per heavy atom. The summed E-state index contributed by atoms with van der Waals surface area (Å²) in [5.74, 6) is -2.62. The van der Waals surface area contributed by atoms with Gasteiger partial charge in [-0.2, -0.15) is 0 Å². The standard InChI is InChI=1S/C30H30N4O10S/c1-15-9-8-10-20(13-15)33-27(39)21-11-6-7-12-22(21)34-29(33)31-32-30(34)45-28-26(43-19(5)38)25(42-18(4)37)24(41-17(3)36)23(44-28)14-40-16(2)35/h6-13,23-26,28H,14H2,1-5H3/t23-,24+,25+,26-,28+/m1/s1. The second-order valence-electron chi connectivity index (χ2n) is 10.3. The predicted octanol–water partition coefficient (Wildman–Crippen LogP) is 2.52. The molecule has 1 saturated heterocycles. The van der Waals surface area contributed by atoms with Crippen LogP contribution >= 0.6 is 11.8 Å². The molecule has 0 radical (unpaired) electrons. The largest absolute Gasteiger partial charge is 0.463 e. The number of para-hydroxylation sites is 1. The van der Waals surface area contributed by atoms with Crippen LogP contribution in [0.4, 0.5) is 0 Å². The van der Waals surface area contributed by atoms with Crippen molar-refractivity contribution in [2.24, 2.45) is 0 Å². The van der Waals surface area contributed by atoms with Crippen molar-refractivity contribution in [3.63, 3.8) is 0 Å². The van der Waals surface area contributed by atoms with Crippen LogP contribution < -0.4 is 5.56 Å². The second kappa shape index (κ2) is 13.1. The summed E-state index contributed by atoms with van der Waals surface area (Å²) in [6, 6.07) is 14.3. The molecule has 15 heteroatoms. The number of thioether (sulfide) groups is 1. The molecule has 1 aliphatic rings. The molecule has 14 nitrogen and oxygen atoms in total. The first kappa shape index (κ1) is 31.7. The fourth-order valence-electron chi connectivity index (χ4n) is 5.14. The Kier molecular flexibility index (Phi) is 9.20. The summed E-state index contributed by atoms with van der Waals surface area (Å²) in [4.78, 5) is 62.0. The van der Waals surface area contributed by atoms with Gasteiger partial charge in [0, 0.05) is 27.7 Å². The average Bonchev–Trinajstić information content (AvgIpc) is 3.38. The molecule has 0 N–H and O–H groups in total. The van der Waals surface area contributed by atoms with Crippen LogP contribution in [0.5, 0.6) is 0 Å².